The van der Waals surface area contributed by atoms with Crippen molar-refractivity contribution >= 4 is 11.8 Å². The number of carbonyl (C=O) groups is 2. The fraction of sp³-hybridized carbons (Fsp3) is 0.300. The first-order valence-electron chi connectivity index (χ1n) is 8.08. The summed E-state index contributed by atoms with van der Waals surface area (Å²) in [5.41, 5.74) is 3.50. The second-order valence-electron chi connectivity index (χ2n) is 6.21. The van der Waals surface area contributed by atoms with Crippen molar-refractivity contribution in [2.45, 2.75) is 26.3 Å². The van der Waals surface area contributed by atoms with Crippen molar-refractivity contribution in [2.24, 2.45) is 0 Å². The largest absolute Gasteiger partial charge is 0.355 e. The topological polar surface area (TPSA) is 49.4 Å². The summed E-state index contributed by atoms with van der Waals surface area (Å²) in [6.07, 6.45) is 0. The minimum Gasteiger partial charge on any atom is -0.355 e. The first kappa shape index (κ1) is 17.7. The molecule has 4 heteroatoms. The lowest BCUT2D eigenvalue weighted by Gasteiger charge is -2.18. The number of hydrogen-bond donors (Lipinski definition) is 1. The summed E-state index contributed by atoms with van der Waals surface area (Å²) in [5.74, 6) is 0.322. The van der Waals surface area contributed by atoms with Crippen LogP contribution < -0.4 is 5.32 Å². The van der Waals surface area contributed by atoms with Gasteiger partial charge in [-0.1, -0.05) is 38.1 Å². The van der Waals surface area contributed by atoms with E-state index in [9.17, 15) is 9.59 Å². The van der Waals surface area contributed by atoms with E-state index in [2.05, 4.69) is 19.2 Å². The monoisotopic (exact) mass is 324 g/mol. The molecule has 2 aromatic carbocycles. The average Bonchev–Trinajstić information content (AvgIpc) is 2.61. The highest BCUT2D eigenvalue weighted by atomic mass is 16.2. The van der Waals surface area contributed by atoms with Gasteiger partial charge in [-0.15, -0.1) is 0 Å². The molecule has 0 aliphatic carbocycles. The maximum absolute atomic E-state index is 12.5. The van der Waals surface area contributed by atoms with Gasteiger partial charge in [0.2, 0.25) is 0 Å². The molecule has 0 saturated heterocycles. The van der Waals surface area contributed by atoms with Crippen molar-refractivity contribution in [2.75, 3.05) is 14.1 Å². The lowest BCUT2D eigenvalue weighted by atomic mass is 10.0. The van der Waals surface area contributed by atoms with E-state index in [1.807, 2.05) is 36.4 Å². The molecule has 0 bridgehead atoms. The minimum absolute atomic E-state index is 0.0133. The zero-order valence-corrected chi connectivity index (χ0v) is 14.7. The van der Waals surface area contributed by atoms with Crippen molar-refractivity contribution < 1.29 is 9.59 Å². The molecule has 2 amide bonds. The molecule has 0 aliphatic heterocycles. The van der Waals surface area contributed by atoms with Crippen LogP contribution in [0, 0.1) is 0 Å². The van der Waals surface area contributed by atoms with Gasteiger partial charge in [-0.05, 0) is 41.3 Å². The molecule has 0 saturated carbocycles. The molecule has 2 aromatic rings. The van der Waals surface area contributed by atoms with Crippen molar-refractivity contribution in [1.82, 2.24) is 10.2 Å². The highest BCUT2D eigenvalue weighted by Crippen LogP contribution is 2.16. The molecular formula is C20H24N2O2. The van der Waals surface area contributed by atoms with Gasteiger partial charge in [-0.2, -0.15) is 0 Å². The Balaban J connectivity index is 2.04. The predicted molar refractivity (Wildman–Crippen MR) is 96.2 cm³/mol. The van der Waals surface area contributed by atoms with Gasteiger partial charge in [0.25, 0.3) is 11.8 Å². The maximum Gasteiger partial charge on any atom is 0.253 e. The highest BCUT2D eigenvalue weighted by molar-refractivity contribution is 5.94. The molecule has 2 rings (SSSR count). The SMILES string of the molecule is CNC(=O)c1ccc(CN(C)C(=O)c2ccc(C(C)C)cc2)cc1. The summed E-state index contributed by atoms with van der Waals surface area (Å²) in [5, 5.41) is 2.59. The third kappa shape index (κ3) is 4.22. The lowest BCUT2D eigenvalue weighted by molar-refractivity contribution is 0.0784. The van der Waals surface area contributed by atoms with Crippen LogP contribution in [0.1, 0.15) is 51.6 Å². The van der Waals surface area contributed by atoms with Crippen molar-refractivity contribution in [3.8, 4) is 0 Å². The van der Waals surface area contributed by atoms with Gasteiger partial charge >= 0.3 is 0 Å². The lowest BCUT2D eigenvalue weighted by Crippen LogP contribution is -2.26. The molecule has 0 atom stereocenters. The molecule has 0 heterocycles. The van der Waals surface area contributed by atoms with Gasteiger partial charge in [0.1, 0.15) is 0 Å². The summed E-state index contributed by atoms with van der Waals surface area (Å²) < 4.78 is 0. The van der Waals surface area contributed by atoms with E-state index in [1.54, 1.807) is 31.1 Å². The zero-order chi connectivity index (χ0) is 17.7. The highest BCUT2D eigenvalue weighted by Gasteiger charge is 2.13. The van der Waals surface area contributed by atoms with E-state index in [0.717, 1.165) is 5.56 Å². The Bertz CT molecular complexity index is 703. The van der Waals surface area contributed by atoms with Crippen LogP contribution in [-0.4, -0.2) is 30.8 Å². The van der Waals surface area contributed by atoms with Crippen molar-refractivity contribution in [1.29, 1.82) is 0 Å². The Morgan fingerprint density at radius 2 is 1.50 bits per heavy atom. The van der Waals surface area contributed by atoms with Crippen molar-refractivity contribution in [3.05, 3.63) is 70.8 Å². The Morgan fingerprint density at radius 3 is 2.00 bits per heavy atom. The normalized spacial score (nSPS) is 10.5. The van der Waals surface area contributed by atoms with Crippen LogP contribution in [0.4, 0.5) is 0 Å². The summed E-state index contributed by atoms with van der Waals surface area (Å²) in [4.78, 5) is 25.7. The van der Waals surface area contributed by atoms with Gasteiger partial charge in [0, 0.05) is 31.8 Å². The third-order valence-corrected chi connectivity index (χ3v) is 4.03. The van der Waals surface area contributed by atoms with Crippen molar-refractivity contribution in [3.63, 3.8) is 0 Å². The summed E-state index contributed by atoms with van der Waals surface area (Å²) in [7, 11) is 3.39. The first-order chi connectivity index (χ1) is 11.4. The number of amides is 2. The van der Waals surface area contributed by atoms with E-state index in [-0.39, 0.29) is 11.8 Å². The van der Waals surface area contributed by atoms with E-state index < -0.39 is 0 Å². The summed E-state index contributed by atoms with van der Waals surface area (Å²) in [6.45, 7) is 4.76. The van der Waals surface area contributed by atoms with Gasteiger partial charge in [-0.3, -0.25) is 9.59 Å². The Hall–Kier alpha value is -2.62. The molecular weight excluding hydrogens is 300 g/mol. The Labute approximate surface area is 143 Å². The van der Waals surface area contributed by atoms with Gasteiger partial charge < -0.3 is 10.2 Å². The molecule has 0 spiro atoms. The smallest absolute Gasteiger partial charge is 0.253 e. The average molecular weight is 324 g/mol. The Kier molecular flexibility index (Phi) is 5.74. The molecule has 1 N–H and O–H groups in total. The third-order valence-electron chi connectivity index (χ3n) is 4.03. The van der Waals surface area contributed by atoms with Gasteiger partial charge in [0.15, 0.2) is 0 Å². The fourth-order valence-corrected chi connectivity index (χ4v) is 2.48. The van der Waals surface area contributed by atoms with Crippen LogP contribution in [0.25, 0.3) is 0 Å². The number of benzene rings is 2. The molecule has 0 aliphatic rings. The van der Waals surface area contributed by atoms with E-state index >= 15 is 0 Å². The molecule has 0 fully saturated rings. The van der Waals surface area contributed by atoms with Gasteiger partial charge in [-0.25, -0.2) is 0 Å². The molecule has 0 aromatic heterocycles. The standard InChI is InChI=1S/C20H24N2O2/c1-14(2)16-9-11-18(12-10-16)20(24)22(4)13-15-5-7-17(8-6-15)19(23)21-3/h5-12,14H,13H2,1-4H3,(H,21,23). The van der Waals surface area contributed by atoms with Crippen LogP contribution in [0.2, 0.25) is 0 Å². The Morgan fingerprint density at radius 1 is 0.958 bits per heavy atom. The second kappa shape index (κ2) is 7.77. The predicted octanol–water partition coefficient (Wildman–Crippen LogP) is 3.44. The van der Waals surface area contributed by atoms with E-state index in [0.29, 0.717) is 23.6 Å². The van der Waals surface area contributed by atoms with Crippen LogP contribution in [0.15, 0.2) is 48.5 Å². The second-order valence-corrected chi connectivity index (χ2v) is 6.21. The molecule has 24 heavy (non-hydrogen) atoms. The van der Waals surface area contributed by atoms with Crippen LogP contribution in [-0.2, 0) is 6.54 Å². The zero-order valence-electron chi connectivity index (χ0n) is 14.7. The molecule has 4 nitrogen and oxygen atoms in total. The number of hydrogen-bond acceptors (Lipinski definition) is 2. The number of nitrogens with one attached hydrogen (secondary N) is 1. The van der Waals surface area contributed by atoms with Crippen LogP contribution in [0.5, 0.6) is 0 Å². The number of carbonyl (C=O) groups excluding carboxylic acids is 2. The first-order valence-corrected chi connectivity index (χ1v) is 8.08. The number of nitrogens with zero attached hydrogens (tertiary/aromatic N) is 1. The summed E-state index contributed by atoms with van der Waals surface area (Å²) in [6, 6.07) is 15.0. The molecule has 0 radical (unpaired) electrons. The fourth-order valence-electron chi connectivity index (χ4n) is 2.48. The van der Waals surface area contributed by atoms with E-state index in [4.69, 9.17) is 0 Å². The van der Waals surface area contributed by atoms with E-state index in [1.165, 1.54) is 5.56 Å². The van der Waals surface area contributed by atoms with Crippen LogP contribution >= 0.6 is 0 Å². The molecule has 0 unspecified atom stereocenters. The molecule has 126 valence electrons. The number of rotatable bonds is 5. The van der Waals surface area contributed by atoms with Gasteiger partial charge in [0.05, 0.1) is 0 Å². The van der Waals surface area contributed by atoms with Crippen LogP contribution in [0.3, 0.4) is 0 Å². The maximum atomic E-state index is 12.5. The summed E-state index contributed by atoms with van der Waals surface area (Å²) >= 11 is 0. The minimum atomic E-state index is -0.115. The quantitative estimate of drug-likeness (QED) is 0.916.